The molecule has 0 radical (unpaired) electrons. The van der Waals surface area contributed by atoms with Crippen molar-refractivity contribution < 1.29 is 4.79 Å². The molecule has 1 amide bonds. The van der Waals surface area contributed by atoms with Crippen LogP contribution in [0.15, 0.2) is 29.9 Å². The van der Waals surface area contributed by atoms with E-state index in [0.717, 1.165) is 18.5 Å². The third kappa shape index (κ3) is 4.38. The molecule has 1 aromatic rings. The average molecular weight is 326 g/mol. The summed E-state index contributed by atoms with van der Waals surface area (Å²) in [4.78, 5) is 20.5. The quantitative estimate of drug-likeness (QED) is 0.719. The standard InChI is InChI=1S/C17H22N6O/c1-11-4-5-12(15(19)16(24)23-17(2,3)10-18)13(8-11)22-14-9-20-6-7-21-14/h6-7,9,11,19H,4-5,8H2,1-3H3,(H,21,22)(H,23,24). The summed E-state index contributed by atoms with van der Waals surface area (Å²) in [5, 5.41) is 23.1. The Hall–Kier alpha value is -2.75. The summed E-state index contributed by atoms with van der Waals surface area (Å²) in [6, 6.07) is 2.01. The monoisotopic (exact) mass is 326 g/mol. The second kappa shape index (κ2) is 7.21. The minimum atomic E-state index is -1.01. The zero-order chi connectivity index (χ0) is 17.7. The van der Waals surface area contributed by atoms with E-state index in [2.05, 4.69) is 27.5 Å². The van der Waals surface area contributed by atoms with E-state index in [-0.39, 0.29) is 5.71 Å². The molecule has 0 aromatic carbocycles. The second-order valence-electron chi connectivity index (χ2n) is 6.59. The molecule has 0 spiro atoms. The van der Waals surface area contributed by atoms with Crippen molar-refractivity contribution >= 4 is 17.4 Å². The van der Waals surface area contributed by atoms with Gasteiger partial charge in [0.25, 0.3) is 5.91 Å². The Morgan fingerprint density at radius 3 is 2.83 bits per heavy atom. The van der Waals surface area contributed by atoms with E-state index in [9.17, 15) is 4.79 Å². The molecule has 24 heavy (non-hydrogen) atoms. The van der Waals surface area contributed by atoms with Crippen molar-refractivity contribution in [3.05, 3.63) is 29.9 Å². The first-order valence-electron chi connectivity index (χ1n) is 7.90. The highest BCUT2D eigenvalue weighted by atomic mass is 16.2. The third-order valence-electron chi connectivity index (χ3n) is 3.88. The number of hydrogen-bond acceptors (Lipinski definition) is 6. The summed E-state index contributed by atoms with van der Waals surface area (Å²) in [7, 11) is 0. The van der Waals surface area contributed by atoms with E-state index in [4.69, 9.17) is 10.7 Å². The Labute approximate surface area is 141 Å². The molecule has 7 heteroatoms. The fourth-order valence-corrected chi connectivity index (χ4v) is 2.55. The Bertz CT molecular complexity index is 702. The van der Waals surface area contributed by atoms with Gasteiger partial charge in [0.15, 0.2) is 0 Å². The summed E-state index contributed by atoms with van der Waals surface area (Å²) in [5.41, 5.74) is 0.385. The molecule has 0 bridgehead atoms. The van der Waals surface area contributed by atoms with Crippen LogP contribution in [0.3, 0.4) is 0 Å². The van der Waals surface area contributed by atoms with E-state index >= 15 is 0 Å². The number of allylic oxidation sites excluding steroid dienone is 1. The predicted octanol–water partition coefficient (Wildman–Crippen LogP) is 2.40. The van der Waals surface area contributed by atoms with E-state index in [1.165, 1.54) is 0 Å². The molecular formula is C17H22N6O. The van der Waals surface area contributed by atoms with Crippen molar-refractivity contribution in [1.82, 2.24) is 15.3 Å². The van der Waals surface area contributed by atoms with Gasteiger partial charge in [0.1, 0.15) is 17.1 Å². The van der Waals surface area contributed by atoms with Gasteiger partial charge in [-0.2, -0.15) is 5.26 Å². The molecule has 2 rings (SSSR count). The lowest BCUT2D eigenvalue weighted by molar-refractivity contribution is -0.115. The van der Waals surface area contributed by atoms with Gasteiger partial charge < -0.3 is 10.6 Å². The number of anilines is 1. The number of aromatic nitrogens is 2. The Balaban J connectivity index is 2.25. The number of nitrogens with zero attached hydrogens (tertiary/aromatic N) is 3. The maximum atomic E-state index is 12.3. The second-order valence-corrected chi connectivity index (χ2v) is 6.59. The molecule has 7 nitrogen and oxygen atoms in total. The van der Waals surface area contributed by atoms with Crippen molar-refractivity contribution in [2.24, 2.45) is 5.92 Å². The van der Waals surface area contributed by atoms with Gasteiger partial charge >= 0.3 is 0 Å². The molecule has 1 aliphatic rings. The maximum absolute atomic E-state index is 12.3. The van der Waals surface area contributed by atoms with Crippen LogP contribution in [-0.4, -0.2) is 27.1 Å². The fraction of sp³-hybridized carbons (Fsp3) is 0.471. The van der Waals surface area contributed by atoms with Gasteiger partial charge in [0, 0.05) is 23.7 Å². The van der Waals surface area contributed by atoms with Gasteiger partial charge in [-0.15, -0.1) is 0 Å². The van der Waals surface area contributed by atoms with E-state index in [1.807, 2.05) is 6.07 Å². The molecule has 0 fully saturated rings. The van der Waals surface area contributed by atoms with Crippen LogP contribution in [0.4, 0.5) is 5.82 Å². The van der Waals surface area contributed by atoms with Crippen LogP contribution in [0.25, 0.3) is 0 Å². The van der Waals surface area contributed by atoms with Crippen molar-refractivity contribution in [2.45, 2.75) is 45.6 Å². The molecule has 0 saturated heterocycles. The molecule has 1 atom stereocenters. The number of carbonyl (C=O) groups excluding carboxylic acids is 1. The number of nitriles is 1. The summed E-state index contributed by atoms with van der Waals surface area (Å²) in [6.45, 7) is 5.35. The largest absolute Gasteiger partial charge is 0.342 e. The molecule has 1 heterocycles. The minimum absolute atomic E-state index is 0.100. The summed E-state index contributed by atoms with van der Waals surface area (Å²) < 4.78 is 0. The van der Waals surface area contributed by atoms with Gasteiger partial charge in [-0.25, -0.2) is 4.98 Å². The summed E-state index contributed by atoms with van der Waals surface area (Å²) >= 11 is 0. The molecular weight excluding hydrogens is 304 g/mol. The third-order valence-corrected chi connectivity index (χ3v) is 3.88. The van der Waals surface area contributed by atoms with Gasteiger partial charge in [-0.1, -0.05) is 6.92 Å². The highest BCUT2D eigenvalue weighted by Crippen LogP contribution is 2.30. The van der Waals surface area contributed by atoms with Crippen LogP contribution in [0, 0.1) is 22.7 Å². The fourth-order valence-electron chi connectivity index (χ4n) is 2.55. The van der Waals surface area contributed by atoms with Crippen molar-refractivity contribution in [3.63, 3.8) is 0 Å². The molecule has 1 unspecified atom stereocenters. The maximum Gasteiger partial charge on any atom is 0.270 e. The zero-order valence-corrected chi connectivity index (χ0v) is 14.2. The van der Waals surface area contributed by atoms with Crippen LogP contribution in [-0.2, 0) is 4.79 Å². The predicted molar refractivity (Wildman–Crippen MR) is 91.3 cm³/mol. The molecule has 0 aliphatic heterocycles. The normalized spacial score (nSPS) is 17.8. The highest BCUT2D eigenvalue weighted by Gasteiger charge is 2.28. The first kappa shape index (κ1) is 17.6. The first-order chi connectivity index (χ1) is 11.3. The minimum Gasteiger partial charge on any atom is -0.342 e. The van der Waals surface area contributed by atoms with Crippen LogP contribution >= 0.6 is 0 Å². The topological polar surface area (TPSA) is 115 Å². The molecule has 1 aliphatic carbocycles. The lowest BCUT2D eigenvalue weighted by Crippen LogP contribution is -2.46. The Kier molecular flexibility index (Phi) is 5.29. The summed E-state index contributed by atoms with van der Waals surface area (Å²) in [6.07, 6.45) is 7.07. The number of hydrogen-bond donors (Lipinski definition) is 3. The van der Waals surface area contributed by atoms with Crippen molar-refractivity contribution in [3.8, 4) is 6.07 Å². The lowest BCUT2D eigenvalue weighted by Gasteiger charge is -2.26. The van der Waals surface area contributed by atoms with E-state index in [0.29, 0.717) is 23.7 Å². The Morgan fingerprint density at radius 1 is 1.46 bits per heavy atom. The number of amides is 1. The number of carbonyl (C=O) groups is 1. The zero-order valence-electron chi connectivity index (χ0n) is 14.2. The van der Waals surface area contributed by atoms with Crippen LogP contribution in [0.5, 0.6) is 0 Å². The van der Waals surface area contributed by atoms with E-state index in [1.54, 1.807) is 32.4 Å². The molecule has 126 valence electrons. The van der Waals surface area contributed by atoms with Gasteiger partial charge in [0.2, 0.25) is 0 Å². The van der Waals surface area contributed by atoms with Crippen molar-refractivity contribution in [1.29, 1.82) is 10.7 Å². The lowest BCUT2D eigenvalue weighted by atomic mass is 9.86. The first-order valence-corrected chi connectivity index (χ1v) is 7.90. The van der Waals surface area contributed by atoms with Gasteiger partial charge in [-0.3, -0.25) is 15.2 Å². The smallest absolute Gasteiger partial charge is 0.270 e. The SMILES string of the molecule is CC1CCC(C(=N)C(=O)NC(C)(C)C#N)=C(Nc2cnccn2)C1. The number of rotatable bonds is 5. The van der Waals surface area contributed by atoms with Gasteiger partial charge in [-0.05, 0) is 39.0 Å². The van der Waals surface area contributed by atoms with Gasteiger partial charge in [0.05, 0.1) is 12.3 Å². The average Bonchev–Trinajstić information content (AvgIpc) is 2.55. The molecule has 0 saturated carbocycles. The highest BCUT2D eigenvalue weighted by molar-refractivity contribution is 6.44. The molecule has 1 aromatic heterocycles. The van der Waals surface area contributed by atoms with Crippen LogP contribution in [0.2, 0.25) is 0 Å². The van der Waals surface area contributed by atoms with E-state index < -0.39 is 11.4 Å². The Morgan fingerprint density at radius 2 is 2.21 bits per heavy atom. The summed E-state index contributed by atoms with van der Waals surface area (Å²) in [5.74, 6) is 0.508. The molecule has 3 N–H and O–H groups in total. The van der Waals surface area contributed by atoms with Crippen molar-refractivity contribution in [2.75, 3.05) is 5.32 Å². The van der Waals surface area contributed by atoms with Crippen LogP contribution in [0.1, 0.15) is 40.0 Å². The van der Waals surface area contributed by atoms with Crippen LogP contribution < -0.4 is 10.6 Å². The number of nitrogens with one attached hydrogen (secondary N) is 3.